The van der Waals surface area contributed by atoms with Gasteiger partial charge in [-0.15, -0.1) is 0 Å². The molecule has 0 saturated carbocycles. The summed E-state index contributed by atoms with van der Waals surface area (Å²) in [4.78, 5) is 0. The van der Waals surface area contributed by atoms with E-state index in [9.17, 15) is 5.11 Å². The maximum absolute atomic E-state index is 10.7. The maximum atomic E-state index is 10.7. The van der Waals surface area contributed by atoms with E-state index in [2.05, 4.69) is 18.2 Å². The SMILES string of the molecule is Cc1oc(C)c(C(O)c2ccc3c(c2)CCCC3)c1C. The Bertz CT molecular complexity index is 637. The van der Waals surface area contributed by atoms with Crippen LogP contribution in [0.15, 0.2) is 22.6 Å². The topological polar surface area (TPSA) is 33.4 Å². The first-order valence-corrected chi connectivity index (χ1v) is 7.44. The lowest BCUT2D eigenvalue weighted by molar-refractivity contribution is 0.217. The van der Waals surface area contributed by atoms with Crippen LogP contribution in [-0.2, 0) is 12.8 Å². The van der Waals surface area contributed by atoms with Gasteiger partial charge in [0.2, 0.25) is 0 Å². The van der Waals surface area contributed by atoms with Crippen molar-refractivity contribution in [2.24, 2.45) is 0 Å². The van der Waals surface area contributed by atoms with Gasteiger partial charge in [0.15, 0.2) is 0 Å². The molecule has 1 N–H and O–H groups in total. The predicted octanol–water partition coefficient (Wildman–Crippen LogP) is 4.17. The standard InChI is InChI=1S/C18H22O2/c1-11-12(2)20-13(3)17(11)18(19)16-9-8-14-6-4-5-7-15(14)10-16/h8-10,18-19H,4-7H2,1-3H3. The lowest BCUT2D eigenvalue weighted by Crippen LogP contribution is -2.07. The Morgan fingerprint density at radius 3 is 2.35 bits per heavy atom. The third kappa shape index (κ3) is 2.18. The molecule has 1 aromatic carbocycles. The van der Waals surface area contributed by atoms with Crippen LogP contribution in [0.4, 0.5) is 0 Å². The fraction of sp³-hybridized carbons (Fsp3) is 0.444. The van der Waals surface area contributed by atoms with Crippen LogP contribution >= 0.6 is 0 Å². The van der Waals surface area contributed by atoms with Crippen molar-refractivity contribution in [3.05, 3.63) is 57.5 Å². The molecule has 3 rings (SSSR count). The molecule has 0 spiro atoms. The van der Waals surface area contributed by atoms with E-state index in [1.807, 2.05) is 20.8 Å². The quantitative estimate of drug-likeness (QED) is 0.888. The summed E-state index contributed by atoms with van der Waals surface area (Å²) in [6.45, 7) is 5.89. The second-order valence-corrected chi connectivity index (χ2v) is 5.89. The molecule has 20 heavy (non-hydrogen) atoms. The van der Waals surface area contributed by atoms with Crippen molar-refractivity contribution in [2.45, 2.75) is 52.6 Å². The molecule has 1 heterocycles. The number of fused-ring (bicyclic) bond motifs is 1. The zero-order valence-electron chi connectivity index (χ0n) is 12.5. The van der Waals surface area contributed by atoms with Gasteiger partial charge in [0.1, 0.15) is 17.6 Å². The normalized spacial score (nSPS) is 16.0. The van der Waals surface area contributed by atoms with Crippen LogP contribution in [0.1, 0.15) is 58.3 Å². The number of aliphatic hydroxyl groups excluding tert-OH is 1. The molecule has 0 amide bonds. The molecule has 0 radical (unpaired) electrons. The molecule has 2 aromatic rings. The van der Waals surface area contributed by atoms with Crippen molar-refractivity contribution < 1.29 is 9.52 Å². The lowest BCUT2D eigenvalue weighted by atomic mass is 9.88. The first-order chi connectivity index (χ1) is 9.58. The summed E-state index contributed by atoms with van der Waals surface area (Å²) in [5, 5.41) is 10.7. The minimum atomic E-state index is -0.584. The van der Waals surface area contributed by atoms with Crippen LogP contribution in [0.2, 0.25) is 0 Å². The van der Waals surface area contributed by atoms with E-state index in [1.165, 1.54) is 30.4 Å². The molecule has 1 atom stereocenters. The van der Waals surface area contributed by atoms with Crippen molar-refractivity contribution >= 4 is 0 Å². The van der Waals surface area contributed by atoms with E-state index < -0.39 is 6.10 Å². The average molecular weight is 270 g/mol. The van der Waals surface area contributed by atoms with Crippen LogP contribution in [0, 0.1) is 20.8 Å². The van der Waals surface area contributed by atoms with E-state index in [-0.39, 0.29) is 0 Å². The average Bonchev–Trinajstić information content (AvgIpc) is 2.71. The largest absolute Gasteiger partial charge is 0.466 e. The Morgan fingerprint density at radius 1 is 1.00 bits per heavy atom. The van der Waals surface area contributed by atoms with Crippen molar-refractivity contribution in [1.82, 2.24) is 0 Å². The van der Waals surface area contributed by atoms with Gasteiger partial charge in [-0.2, -0.15) is 0 Å². The number of hydrogen-bond donors (Lipinski definition) is 1. The molecular formula is C18H22O2. The van der Waals surface area contributed by atoms with Gasteiger partial charge in [0.25, 0.3) is 0 Å². The second-order valence-electron chi connectivity index (χ2n) is 5.89. The van der Waals surface area contributed by atoms with E-state index >= 15 is 0 Å². The summed E-state index contributed by atoms with van der Waals surface area (Å²) in [5.74, 6) is 1.72. The third-order valence-electron chi connectivity index (χ3n) is 4.58. The van der Waals surface area contributed by atoms with Gasteiger partial charge in [0, 0.05) is 5.56 Å². The van der Waals surface area contributed by atoms with E-state index in [0.29, 0.717) is 0 Å². The van der Waals surface area contributed by atoms with Crippen molar-refractivity contribution in [1.29, 1.82) is 0 Å². The Morgan fingerprint density at radius 2 is 1.70 bits per heavy atom. The Kier molecular flexibility index (Phi) is 3.43. The Hall–Kier alpha value is -1.54. The van der Waals surface area contributed by atoms with Gasteiger partial charge in [-0.1, -0.05) is 18.2 Å². The number of rotatable bonds is 2. The summed E-state index contributed by atoms with van der Waals surface area (Å²) < 4.78 is 5.64. The summed E-state index contributed by atoms with van der Waals surface area (Å²) in [6.07, 6.45) is 4.27. The second kappa shape index (κ2) is 5.10. The predicted molar refractivity (Wildman–Crippen MR) is 80.1 cm³/mol. The van der Waals surface area contributed by atoms with Crippen LogP contribution in [-0.4, -0.2) is 5.11 Å². The van der Waals surface area contributed by atoms with Crippen LogP contribution in [0.3, 0.4) is 0 Å². The first-order valence-electron chi connectivity index (χ1n) is 7.44. The monoisotopic (exact) mass is 270 g/mol. The van der Waals surface area contributed by atoms with Crippen LogP contribution in [0.25, 0.3) is 0 Å². The van der Waals surface area contributed by atoms with Gasteiger partial charge in [-0.3, -0.25) is 0 Å². The van der Waals surface area contributed by atoms with Crippen molar-refractivity contribution in [3.8, 4) is 0 Å². The fourth-order valence-electron chi connectivity index (χ4n) is 3.30. The van der Waals surface area contributed by atoms with Gasteiger partial charge < -0.3 is 9.52 Å². The van der Waals surface area contributed by atoms with Crippen molar-refractivity contribution in [2.75, 3.05) is 0 Å². The zero-order valence-corrected chi connectivity index (χ0v) is 12.5. The molecule has 1 unspecified atom stereocenters. The molecule has 0 bridgehead atoms. The molecule has 2 heteroatoms. The van der Waals surface area contributed by atoms with Gasteiger partial charge in [0.05, 0.1) is 0 Å². The van der Waals surface area contributed by atoms with Gasteiger partial charge in [-0.25, -0.2) is 0 Å². The van der Waals surface area contributed by atoms with Crippen LogP contribution in [0.5, 0.6) is 0 Å². The highest BCUT2D eigenvalue weighted by Gasteiger charge is 2.21. The van der Waals surface area contributed by atoms with Gasteiger partial charge >= 0.3 is 0 Å². The zero-order chi connectivity index (χ0) is 14.3. The summed E-state index contributed by atoms with van der Waals surface area (Å²) in [6, 6.07) is 6.43. The van der Waals surface area contributed by atoms with Crippen molar-refractivity contribution in [3.63, 3.8) is 0 Å². The number of aliphatic hydroxyl groups is 1. The molecule has 1 aromatic heterocycles. The lowest BCUT2D eigenvalue weighted by Gasteiger charge is -2.19. The van der Waals surface area contributed by atoms with E-state index in [0.717, 1.165) is 34.6 Å². The highest BCUT2D eigenvalue weighted by atomic mass is 16.3. The minimum absolute atomic E-state index is 0.584. The summed E-state index contributed by atoms with van der Waals surface area (Å²) in [7, 11) is 0. The smallest absolute Gasteiger partial charge is 0.108 e. The fourth-order valence-corrected chi connectivity index (χ4v) is 3.30. The minimum Gasteiger partial charge on any atom is -0.466 e. The molecule has 0 fully saturated rings. The molecule has 106 valence electrons. The molecule has 1 aliphatic carbocycles. The Balaban J connectivity index is 2.00. The van der Waals surface area contributed by atoms with Crippen LogP contribution < -0.4 is 0 Å². The van der Waals surface area contributed by atoms with Gasteiger partial charge in [-0.05, 0) is 68.7 Å². The molecule has 0 saturated heterocycles. The summed E-state index contributed by atoms with van der Waals surface area (Å²) >= 11 is 0. The number of furan rings is 1. The Labute approximate surface area is 120 Å². The molecule has 0 aliphatic heterocycles. The highest BCUT2D eigenvalue weighted by molar-refractivity contribution is 5.42. The maximum Gasteiger partial charge on any atom is 0.108 e. The first kappa shape index (κ1) is 13.4. The highest BCUT2D eigenvalue weighted by Crippen LogP contribution is 2.33. The van der Waals surface area contributed by atoms with E-state index in [4.69, 9.17) is 4.42 Å². The molecular weight excluding hydrogens is 248 g/mol. The number of hydrogen-bond acceptors (Lipinski definition) is 2. The third-order valence-corrected chi connectivity index (χ3v) is 4.58. The number of aryl methyl sites for hydroxylation is 4. The molecule has 1 aliphatic rings. The summed E-state index contributed by atoms with van der Waals surface area (Å²) in [5.41, 5.74) is 5.83. The number of benzene rings is 1. The molecule has 2 nitrogen and oxygen atoms in total. The van der Waals surface area contributed by atoms with E-state index in [1.54, 1.807) is 0 Å².